The van der Waals surface area contributed by atoms with Crippen molar-refractivity contribution < 1.29 is 8.42 Å². The van der Waals surface area contributed by atoms with Crippen LogP contribution in [0.1, 0.15) is 32.1 Å². The van der Waals surface area contributed by atoms with Crippen molar-refractivity contribution in [2.45, 2.75) is 37.6 Å². The van der Waals surface area contributed by atoms with Crippen LogP contribution >= 0.6 is 0 Å². The molecule has 0 spiro atoms. The first-order valence-corrected chi connectivity index (χ1v) is 8.30. The second-order valence-electron chi connectivity index (χ2n) is 5.56. The summed E-state index contributed by atoms with van der Waals surface area (Å²) in [5.41, 5.74) is -0.928. The molecule has 0 aromatic carbocycles. The van der Waals surface area contributed by atoms with Gasteiger partial charge in [-0.1, -0.05) is 6.42 Å². The molecule has 108 valence electrons. The molecular formula is C12H22N4O2S. The molecule has 2 fully saturated rings. The van der Waals surface area contributed by atoms with Crippen molar-refractivity contribution in [3.8, 4) is 6.07 Å². The van der Waals surface area contributed by atoms with Crippen molar-refractivity contribution in [3.63, 3.8) is 0 Å². The number of hydrogen-bond acceptors (Lipinski definition) is 4. The Balaban J connectivity index is 2.07. The maximum absolute atomic E-state index is 12.3. The fourth-order valence-corrected chi connectivity index (χ4v) is 4.27. The molecule has 0 atom stereocenters. The third kappa shape index (κ3) is 3.45. The van der Waals surface area contributed by atoms with E-state index in [4.69, 9.17) is 0 Å². The van der Waals surface area contributed by atoms with Crippen molar-refractivity contribution >= 4 is 10.2 Å². The predicted molar refractivity (Wildman–Crippen MR) is 72.6 cm³/mol. The Labute approximate surface area is 115 Å². The van der Waals surface area contributed by atoms with E-state index in [-0.39, 0.29) is 0 Å². The Kier molecular flexibility index (Phi) is 4.46. The van der Waals surface area contributed by atoms with E-state index in [1.807, 2.05) is 7.05 Å². The van der Waals surface area contributed by atoms with E-state index >= 15 is 0 Å². The number of nitrogens with zero attached hydrogens (tertiary/aromatic N) is 3. The fourth-order valence-electron chi connectivity index (χ4n) is 2.65. The van der Waals surface area contributed by atoms with E-state index in [2.05, 4.69) is 15.7 Å². The summed E-state index contributed by atoms with van der Waals surface area (Å²) >= 11 is 0. The first-order chi connectivity index (χ1) is 8.97. The highest BCUT2D eigenvalue weighted by Gasteiger charge is 2.39. The van der Waals surface area contributed by atoms with E-state index in [0.717, 1.165) is 32.4 Å². The van der Waals surface area contributed by atoms with Gasteiger partial charge in [0, 0.05) is 26.2 Å². The summed E-state index contributed by atoms with van der Waals surface area (Å²) in [7, 11) is -1.54. The number of piperidine rings is 2. The molecule has 6 nitrogen and oxygen atoms in total. The minimum absolute atomic E-state index is 0.549. The first-order valence-electron chi connectivity index (χ1n) is 6.86. The summed E-state index contributed by atoms with van der Waals surface area (Å²) in [6.07, 6.45) is 3.99. The molecule has 0 saturated carbocycles. The van der Waals surface area contributed by atoms with E-state index in [1.165, 1.54) is 4.31 Å². The summed E-state index contributed by atoms with van der Waals surface area (Å²) in [6.45, 7) is 2.62. The number of hydrogen-bond donors (Lipinski definition) is 1. The summed E-state index contributed by atoms with van der Waals surface area (Å²) in [5, 5.41) is 9.38. The van der Waals surface area contributed by atoms with Crippen molar-refractivity contribution in [1.29, 1.82) is 5.26 Å². The molecule has 2 aliphatic heterocycles. The fraction of sp³-hybridized carbons (Fsp3) is 0.917. The van der Waals surface area contributed by atoms with Crippen LogP contribution < -0.4 is 4.72 Å². The van der Waals surface area contributed by atoms with Crippen LogP contribution in [0.5, 0.6) is 0 Å². The van der Waals surface area contributed by atoms with Gasteiger partial charge in [0.2, 0.25) is 0 Å². The molecule has 0 unspecified atom stereocenters. The lowest BCUT2D eigenvalue weighted by molar-refractivity contribution is 0.209. The van der Waals surface area contributed by atoms with E-state index in [9.17, 15) is 13.7 Å². The third-order valence-corrected chi connectivity index (χ3v) is 5.73. The van der Waals surface area contributed by atoms with E-state index in [0.29, 0.717) is 25.9 Å². The van der Waals surface area contributed by atoms with E-state index < -0.39 is 15.7 Å². The van der Waals surface area contributed by atoms with Crippen LogP contribution in [0, 0.1) is 11.3 Å². The van der Waals surface area contributed by atoms with Crippen LogP contribution in [0.15, 0.2) is 0 Å². The molecule has 0 amide bonds. The molecule has 7 heteroatoms. The van der Waals surface area contributed by atoms with Gasteiger partial charge in [-0.05, 0) is 32.7 Å². The molecule has 0 radical (unpaired) electrons. The lowest BCUT2D eigenvalue weighted by atomic mass is 9.91. The van der Waals surface area contributed by atoms with Crippen molar-refractivity contribution in [1.82, 2.24) is 13.9 Å². The standard InChI is InChI=1S/C12H22N4O2S/c1-15-9-5-12(11-13,6-10-15)14-19(17,18)16-7-3-2-4-8-16/h14H,2-10H2,1H3. The van der Waals surface area contributed by atoms with Gasteiger partial charge in [0.05, 0.1) is 6.07 Å². The van der Waals surface area contributed by atoms with Gasteiger partial charge >= 0.3 is 0 Å². The number of rotatable bonds is 3. The second-order valence-corrected chi connectivity index (χ2v) is 7.23. The first kappa shape index (κ1) is 14.7. The number of nitriles is 1. The Bertz CT molecular complexity index is 443. The summed E-state index contributed by atoms with van der Waals surface area (Å²) in [6, 6.07) is 2.19. The zero-order valence-electron chi connectivity index (χ0n) is 11.4. The monoisotopic (exact) mass is 286 g/mol. The van der Waals surface area contributed by atoms with Gasteiger partial charge < -0.3 is 4.90 Å². The summed E-state index contributed by atoms with van der Waals surface area (Å²) in [4.78, 5) is 2.12. The number of nitrogens with one attached hydrogen (secondary N) is 1. The molecule has 1 N–H and O–H groups in total. The molecule has 19 heavy (non-hydrogen) atoms. The van der Waals surface area contributed by atoms with Crippen LogP contribution in [0.25, 0.3) is 0 Å². The Morgan fingerprint density at radius 3 is 2.21 bits per heavy atom. The molecule has 0 aliphatic carbocycles. The highest BCUT2D eigenvalue weighted by Crippen LogP contribution is 2.23. The summed E-state index contributed by atoms with van der Waals surface area (Å²) in [5.74, 6) is 0. The zero-order chi connectivity index (χ0) is 13.9. The van der Waals surface area contributed by atoms with Crippen molar-refractivity contribution in [3.05, 3.63) is 0 Å². The van der Waals surface area contributed by atoms with E-state index in [1.54, 1.807) is 0 Å². The Morgan fingerprint density at radius 2 is 1.68 bits per heavy atom. The quantitative estimate of drug-likeness (QED) is 0.809. The maximum Gasteiger partial charge on any atom is 0.280 e. The molecule has 2 heterocycles. The molecule has 2 aliphatic rings. The predicted octanol–water partition coefficient (Wildman–Crippen LogP) is 0.295. The van der Waals surface area contributed by atoms with Crippen LogP contribution in [-0.2, 0) is 10.2 Å². The summed E-state index contributed by atoms with van der Waals surface area (Å²) < 4.78 is 28.8. The topological polar surface area (TPSA) is 76.4 Å². The van der Waals surface area contributed by atoms with Gasteiger partial charge in [-0.2, -0.15) is 22.7 Å². The average molecular weight is 286 g/mol. The van der Waals surface area contributed by atoms with Crippen LogP contribution in [0.3, 0.4) is 0 Å². The van der Waals surface area contributed by atoms with Crippen molar-refractivity contribution in [2.24, 2.45) is 0 Å². The molecular weight excluding hydrogens is 264 g/mol. The average Bonchev–Trinajstić information content (AvgIpc) is 2.42. The van der Waals surface area contributed by atoms with Crippen LogP contribution in [0.4, 0.5) is 0 Å². The normalized spacial score (nSPS) is 25.9. The lowest BCUT2D eigenvalue weighted by Crippen LogP contribution is -2.57. The molecule has 0 aromatic heterocycles. The minimum Gasteiger partial charge on any atom is -0.306 e. The van der Waals surface area contributed by atoms with Gasteiger partial charge in [0.1, 0.15) is 5.54 Å². The molecule has 0 bridgehead atoms. The van der Waals surface area contributed by atoms with Gasteiger partial charge in [-0.15, -0.1) is 0 Å². The SMILES string of the molecule is CN1CCC(C#N)(NS(=O)(=O)N2CCCCC2)CC1. The second kappa shape index (κ2) is 5.75. The molecule has 0 aromatic rings. The zero-order valence-corrected chi connectivity index (χ0v) is 12.2. The number of likely N-dealkylation sites (tertiary alicyclic amines) is 1. The lowest BCUT2D eigenvalue weighted by Gasteiger charge is -2.37. The maximum atomic E-state index is 12.3. The molecule has 2 rings (SSSR count). The minimum atomic E-state index is -3.53. The highest BCUT2D eigenvalue weighted by molar-refractivity contribution is 7.87. The van der Waals surface area contributed by atoms with Gasteiger partial charge in [0.25, 0.3) is 10.2 Å². The molecule has 2 saturated heterocycles. The van der Waals surface area contributed by atoms with Crippen molar-refractivity contribution in [2.75, 3.05) is 33.2 Å². The Morgan fingerprint density at radius 1 is 1.11 bits per heavy atom. The van der Waals surface area contributed by atoms with Gasteiger partial charge in [-0.25, -0.2) is 0 Å². The highest BCUT2D eigenvalue weighted by atomic mass is 32.2. The Hall–Kier alpha value is -0.680. The largest absolute Gasteiger partial charge is 0.306 e. The van der Waals surface area contributed by atoms with Gasteiger partial charge in [0.15, 0.2) is 0 Å². The van der Waals surface area contributed by atoms with Gasteiger partial charge in [-0.3, -0.25) is 0 Å². The van der Waals surface area contributed by atoms with Crippen LogP contribution in [-0.4, -0.2) is 56.4 Å². The third-order valence-electron chi connectivity index (χ3n) is 4.03. The van der Waals surface area contributed by atoms with Crippen LogP contribution in [0.2, 0.25) is 0 Å². The smallest absolute Gasteiger partial charge is 0.280 e.